The highest BCUT2D eigenvalue weighted by molar-refractivity contribution is 4.72. The van der Waals surface area contributed by atoms with Gasteiger partial charge in [0, 0.05) is 0 Å². The molecule has 0 atom stereocenters. The molecule has 0 aliphatic carbocycles. The van der Waals surface area contributed by atoms with Crippen LogP contribution in [0, 0.1) is 11.3 Å². The summed E-state index contributed by atoms with van der Waals surface area (Å²) in [5, 5.41) is 0. The van der Waals surface area contributed by atoms with Crippen LogP contribution < -0.4 is 0 Å². The van der Waals surface area contributed by atoms with Crippen molar-refractivity contribution in [2.45, 2.75) is 93.4 Å². The van der Waals surface area contributed by atoms with Crippen LogP contribution in [0.3, 0.4) is 0 Å². The van der Waals surface area contributed by atoms with Crippen molar-refractivity contribution >= 4 is 0 Å². The zero-order valence-electron chi connectivity index (χ0n) is 13.0. The van der Waals surface area contributed by atoms with Gasteiger partial charge in [0.25, 0.3) is 0 Å². The lowest BCUT2D eigenvalue weighted by Gasteiger charge is -2.28. The second-order valence-corrected chi connectivity index (χ2v) is 5.00. The number of hydrogen-bond acceptors (Lipinski definition) is 0. The lowest BCUT2D eigenvalue weighted by Crippen LogP contribution is -2.15. The van der Waals surface area contributed by atoms with E-state index >= 15 is 0 Å². The van der Waals surface area contributed by atoms with Gasteiger partial charge in [-0.25, -0.2) is 0 Å². The average molecular weight is 228 g/mol. The van der Waals surface area contributed by atoms with E-state index in [0.717, 1.165) is 5.92 Å². The Balaban J connectivity index is 0. The second kappa shape index (κ2) is 11.5. The molecule has 0 aromatic rings. The molecule has 0 aromatic heterocycles. The van der Waals surface area contributed by atoms with E-state index in [9.17, 15) is 0 Å². The lowest BCUT2D eigenvalue weighted by atomic mass is 9.78. The summed E-state index contributed by atoms with van der Waals surface area (Å²) in [6, 6.07) is 0. The van der Waals surface area contributed by atoms with Crippen LogP contribution in [0.1, 0.15) is 93.4 Å². The molecular formula is C16H36. The molecule has 0 heteroatoms. The van der Waals surface area contributed by atoms with Crippen molar-refractivity contribution in [1.29, 1.82) is 0 Å². The van der Waals surface area contributed by atoms with E-state index in [4.69, 9.17) is 0 Å². The summed E-state index contributed by atoms with van der Waals surface area (Å²) >= 11 is 0. The molecule has 0 radical (unpaired) electrons. The molecule has 16 heavy (non-hydrogen) atoms. The molecule has 0 N–H and O–H groups in total. The fourth-order valence-electron chi connectivity index (χ4n) is 2.37. The zero-order chi connectivity index (χ0) is 13.0. The summed E-state index contributed by atoms with van der Waals surface area (Å²) in [4.78, 5) is 0. The molecule has 0 saturated heterocycles. The van der Waals surface area contributed by atoms with E-state index in [0.29, 0.717) is 5.41 Å². The molecule has 0 amide bonds. The molecule has 0 heterocycles. The fraction of sp³-hybridized carbons (Fsp3) is 1.00. The zero-order valence-corrected chi connectivity index (χ0v) is 13.0. The molecule has 0 rings (SSSR count). The summed E-state index contributed by atoms with van der Waals surface area (Å²) in [7, 11) is 0. The molecule has 0 aromatic carbocycles. The van der Waals surface area contributed by atoms with Gasteiger partial charge in [0.1, 0.15) is 0 Å². The van der Waals surface area contributed by atoms with Gasteiger partial charge < -0.3 is 0 Å². The topological polar surface area (TPSA) is 0 Å². The van der Waals surface area contributed by atoms with Gasteiger partial charge in [-0.05, 0) is 11.3 Å². The second-order valence-electron chi connectivity index (χ2n) is 5.00. The van der Waals surface area contributed by atoms with Gasteiger partial charge in [-0.3, -0.25) is 0 Å². The van der Waals surface area contributed by atoms with Crippen LogP contribution in [0.15, 0.2) is 0 Å². The Morgan fingerprint density at radius 1 is 0.562 bits per heavy atom. The van der Waals surface area contributed by atoms with Gasteiger partial charge in [0.15, 0.2) is 0 Å². The Labute approximate surface area is 105 Å². The Kier molecular flexibility index (Phi) is 13.2. The molecule has 0 bridgehead atoms. The SMILES string of the molecule is CCC(CC)(CC)CC.CCC(CC)CC. The first-order chi connectivity index (χ1) is 7.59. The third-order valence-electron chi connectivity index (χ3n) is 4.73. The van der Waals surface area contributed by atoms with Gasteiger partial charge in [0.05, 0.1) is 0 Å². The molecular weight excluding hydrogens is 192 g/mol. The van der Waals surface area contributed by atoms with Crippen molar-refractivity contribution in [1.82, 2.24) is 0 Å². The van der Waals surface area contributed by atoms with E-state index in [1.54, 1.807) is 0 Å². The van der Waals surface area contributed by atoms with Crippen molar-refractivity contribution in [2.24, 2.45) is 11.3 Å². The normalized spacial score (nSPS) is 11.2. The molecule has 0 unspecified atom stereocenters. The third-order valence-corrected chi connectivity index (χ3v) is 4.73. The number of rotatable bonds is 7. The molecule has 0 fully saturated rings. The Morgan fingerprint density at radius 2 is 0.812 bits per heavy atom. The summed E-state index contributed by atoms with van der Waals surface area (Å²) in [5.41, 5.74) is 0.667. The number of hydrogen-bond donors (Lipinski definition) is 0. The van der Waals surface area contributed by atoms with Crippen LogP contribution in [0.25, 0.3) is 0 Å². The van der Waals surface area contributed by atoms with Crippen LogP contribution in [0.4, 0.5) is 0 Å². The third kappa shape index (κ3) is 7.30. The van der Waals surface area contributed by atoms with E-state index < -0.39 is 0 Å². The predicted octanol–water partition coefficient (Wildman–Crippen LogP) is 6.45. The van der Waals surface area contributed by atoms with Crippen LogP contribution in [0.2, 0.25) is 0 Å². The average Bonchev–Trinajstić information content (AvgIpc) is 2.36. The summed E-state index contributed by atoms with van der Waals surface area (Å²) in [5.74, 6) is 0.986. The van der Waals surface area contributed by atoms with Crippen molar-refractivity contribution in [2.75, 3.05) is 0 Å². The summed E-state index contributed by atoms with van der Waals surface area (Å²) < 4.78 is 0. The standard InChI is InChI=1S/C9H20.C7H16/c1-5-9(6-2,7-3)8-4;1-4-7(5-2)6-3/h5-8H2,1-4H3;7H,4-6H2,1-3H3. The maximum atomic E-state index is 2.30. The van der Waals surface area contributed by atoms with Crippen LogP contribution >= 0.6 is 0 Å². The molecule has 0 nitrogen and oxygen atoms in total. The minimum absolute atomic E-state index is 0.667. The van der Waals surface area contributed by atoms with E-state index in [2.05, 4.69) is 48.5 Å². The molecule has 100 valence electrons. The minimum atomic E-state index is 0.667. The Hall–Kier alpha value is 0. The van der Waals surface area contributed by atoms with E-state index in [1.807, 2.05) is 0 Å². The minimum Gasteiger partial charge on any atom is -0.0651 e. The summed E-state index contributed by atoms with van der Waals surface area (Å²) in [6.45, 7) is 16.0. The largest absolute Gasteiger partial charge is 0.0651 e. The van der Waals surface area contributed by atoms with Crippen LogP contribution in [-0.4, -0.2) is 0 Å². The highest BCUT2D eigenvalue weighted by Gasteiger charge is 2.20. The molecule has 0 aliphatic heterocycles. The molecule has 0 saturated carbocycles. The van der Waals surface area contributed by atoms with Gasteiger partial charge in [0.2, 0.25) is 0 Å². The molecule has 0 spiro atoms. The van der Waals surface area contributed by atoms with Crippen LogP contribution in [-0.2, 0) is 0 Å². The first kappa shape index (κ1) is 18.4. The maximum Gasteiger partial charge on any atom is -0.0308 e. The van der Waals surface area contributed by atoms with Gasteiger partial charge in [-0.15, -0.1) is 0 Å². The smallest absolute Gasteiger partial charge is 0.0308 e. The van der Waals surface area contributed by atoms with Crippen molar-refractivity contribution in [3.8, 4) is 0 Å². The summed E-state index contributed by atoms with van der Waals surface area (Å²) in [6.07, 6.45) is 9.44. The van der Waals surface area contributed by atoms with Crippen molar-refractivity contribution < 1.29 is 0 Å². The fourth-order valence-corrected chi connectivity index (χ4v) is 2.37. The van der Waals surface area contributed by atoms with Gasteiger partial charge in [-0.2, -0.15) is 0 Å². The highest BCUT2D eigenvalue weighted by Crippen LogP contribution is 2.33. The van der Waals surface area contributed by atoms with Crippen LogP contribution in [0.5, 0.6) is 0 Å². The maximum absolute atomic E-state index is 2.30. The molecule has 0 aliphatic rings. The van der Waals surface area contributed by atoms with Crippen molar-refractivity contribution in [3.05, 3.63) is 0 Å². The van der Waals surface area contributed by atoms with Gasteiger partial charge in [-0.1, -0.05) is 93.4 Å². The van der Waals surface area contributed by atoms with Gasteiger partial charge >= 0.3 is 0 Å². The Morgan fingerprint density at radius 3 is 0.812 bits per heavy atom. The van der Waals surface area contributed by atoms with E-state index in [-0.39, 0.29) is 0 Å². The quantitative estimate of drug-likeness (QED) is 0.470. The highest BCUT2D eigenvalue weighted by atomic mass is 14.3. The first-order valence-electron chi connectivity index (χ1n) is 7.59. The van der Waals surface area contributed by atoms with E-state index in [1.165, 1.54) is 44.9 Å². The first-order valence-corrected chi connectivity index (χ1v) is 7.59. The van der Waals surface area contributed by atoms with Crippen molar-refractivity contribution in [3.63, 3.8) is 0 Å². The Bertz CT molecular complexity index is 95.0. The predicted molar refractivity (Wildman–Crippen MR) is 78.0 cm³/mol. The monoisotopic (exact) mass is 228 g/mol. The lowest BCUT2D eigenvalue weighted by molar-refractivity contribution is 0.240.